The van der Waals surface area contributed by atoms with Gasteiger partial charge in [0.25, 0.3) is 0 Å². The van der Waals surface area contributed by atoms with Crippen LogP contribution in [0.1, 0.15) is 0 Å². The van der Waals surface area contributed by atoms with Crippen LogP contribution in [0.5, 0.6) is 0 Å². The first-order valence-electron chi connectivity index (χ1n) is 4.01. The minimum atomic E-state index is 0.834. The van der Waals surface area contributed by atoms with Gasteiger partial charge >= 0.3 is 0 Å². The average molecular weight is 161 g/mol. The molecule has 3 nitrogen and oxygen atoms in total. The molecule has 0 radical (unpaired) electrons. The molecule has 3 heteroatoms. The van der Waals surface area contributed by atoms with Crippen LogP contribution in [0.25, 0.3) is 0 Å². The molecule has 0 unspecified atom stereocenters. The Labute approximate surface area is 71.6 Å². The van der Waals surface area contributed by atoms with Crippen LogP contribution in [0, 0.1) is 0 Å². The van der Waals surface area contributed by atoms with E-state index in [1.165, 1.54) is 11.3 Å². The Morgan fingerprint density at radius 1 is 1.33 bits per heavy atom. The minimum absolute atomic E-state index is 0.834. The van der Waals surface area contributed by atoms with Gasteiger partial charge in [-0.25, -0.2) is 0 Å². The second kappa shape index (κ2) is 3.36. The average Bonchev–Trinajstić information content (AvgIpc) is 2.06. The van der Waals surface area contributed by atoms with Gasteiger partial charge in [-0.2, -0.15) is 0 Å². The van der Waals surface area contributed by atoms with Gasteiger partial charge in [0.05, 0.1) is 6.67 Å². The maximum Gasteiger partial charge on any atom is 0.0655 e. The van der Waals surface area contributed by atoms with E-state index in [-0.39, 0.29) is 0 Å². The lowest BCUT2D eigenvalue weighted by atomic mass is 10.1. The van der Waals surface area contributed by atoms with Gasteiger partial charge in [-0.05, 0) is 17.7 Å². The lowest BCUT2D eigenvalue weighted by Crippen LogP contribution is -2.37. The Kier molecular flexibility index (Phi) is 2.05. The third-order valence-electron chi connectivity index (χ3n) is 1.86. The molecule has 0 saturated carbocycles. The molecule has 0 aromatic carbocycles. The maximum absolute atomic E-state index is 4.03. The minimum Gasteiger partial charge on any atom is -0.372 e. The van der Waals surface area contributed by atoms with Gasteiger partial charge in [0.15, 0.2) is 0 Å². The standard InChI is InChI=1S/C9H11N3/c1-2-8-6-11-7-12-9(8)3-5-10-4-1/h1-5,11-12H,6-7H2/b2-1?,4-1-,5-3?,8-2-,9-3+,10-4?,10-5-. The molecule has 0 atom stereocenters. The Bertz CT molecular complexity index is 254. The van der Waals surface area contributed by atoms with Gasteiger partial charge in [0.1, 0.15) is 0 Å². The summed E-state index contributed by atoms with van der Waals surface area (Å²) in [4.78, 5) is 4.03. The molecule has 0 spiro atoms. The summed E-state index contributed by atoms with van der Waals surface area (Å²) in [6.07, 6.45) is 9.61. The van der Waals surface area contributed by atoms with Crippen LogP contribution in [0.3, 0.4) is 0 Å². The van der Waals surface area contributed by atoms with Crippen molar-refractivity contribution in [3.8, 4) is 0 Å². The first-order valence-corrected chi connectivity index (χ1v) is 4.01. The van der Waals surface area contributed by atoms with Crippen molar-refractivity contribution >= 4 is 6.21 Å². The van der Waals surface area contributed by atoms with Crippen molar-refractivity contribution < 1.29 is 0 Å². The van der Waals surface area contributed by atoms with Crippen LogP contribution in [0.4, 0.5) is 0 Å². The summed E-state index contributed by atoms with van der Waals surface area (Å²) < 4.78 is 0. The first kappa shape index (κ1) is 7.31. The van der Waals surface area contributed by atoms with Crippen molar-refractivity contribution in [2.75, 3.05) is 13.2 Å². The normalized spacial score (nSPS) is 35.3. The van der Waals surface area contributed by atoms with Gasteiger partial charge in [-0.3, -0.25) is 10.3 Å². The number of aliphatic imine (C=N–C) groups is 1. The summed E-state index contributed by atoms with van der Waals surface area (Å²) >= 11 is 0. The first-order chi connectivity index (χ1) is 5.97. The van der Waals surface area contributed by atoms with Gasteiger partial charge in [-0.15, -0.1) is 0 Å². The predicted octanol–water partition coefficient (Wildman–Crippen LogP) is 0.545. The van der Waals surface area contributed by atoms with Crippen molar-refractivity contribution in [1.82, 2.24) is 10.6 Å². The van der Waals surface area contributed by atoms with E-state index >= 15 is 0 Å². The molecule has 0 amide bonds. The highest BCUT2D eigenvalue weighted by Crippen LogP contribution is 2.09. The number of rotatable bonds is 0. The van der Waals surface area contributed by atoms with Crippen molar-refractivity contribution in [3.63, 3.8) is 0 Å². The molecule has 1 fully saturated rings. The van der Waals surface area contributed by atoms with E-state index in [9.17, 15) is 0 Å². The Hall–Kier alpha value is -1.35. The predicted molar refractivity (Wildman–Crippen MR) is 49.8 cm³/mol. The topological polar surface area (TPSA) is 36.4 Å². The quantitative estimate of drug-likeness (QED) is 0.544. The van der Waals surface area contributed by atoms with E-state index in [0.717, 1.165) is 13.2 Å². The van der Waals surface area contributed by atoms with E-state index in [1.807, 2.05) is 12.2 Å². The number of hydrogen-bond acceptors (Lipinski definition) is 3. The molecule has 2 aliphatic heterocycles. The highest BCUT2D eigenvalue weighted by atomic mass is 15.1. The fourth-order valence-corrected chi connectivity index (χ4v) is 1.25. The highest BCUT2D eigenvalue weighted by molar-refractivity contribution is 5.74. The molecule has 2 N–H and O–H groups in total. The van der Waals surface area contributed by atoms with Crippen LogP contribution in [-0.4, -0.2) is 19.4 Å². The summed E-state index contributed by atoms with van der Waals surface area (Å²) in [6, 6.07) is 0. The molecular formula is C9H11N3. The molecule has 0 aromatic rings. The second-order valence-corrected chi connectivity index (χ2v) is 2.69. The molecule has 0 aliphatic carbocycles. The van der Waals surface area contributed by atoms with Gasteiger partial charge < -0.3 is 5.32 Å². The summed E-state index contributed by atoms with van der Waals surface area (Å²) in [5.41, 5.74) is 2.45. The van der Waals surface area contributed by atoms with Crippen molar-refractivity contribution in [2.24, 2.45) is 4.99 Å². The van der Waals surface area contributed by atoms with Crippen LogP contribution in [-0.2, 0) is 0 Å². The summed E-state index contributed by atoms with van der Waals surface area (Å²) in [5.74, 6) is 0. The summed E-state index contributed by atoms with van der Waals surface area (Å²) in [7, 11) is 0. The van der Waals surface area contributed by atoms with E-state index in [4.69, 9.17) is 0 Å². The number of hydrogen-bond donors (Lipinski definition) is 2. The van der Waals surface area contributed by atoms with E-state index in [1.54, 1.807) is 12.4 Å². The zero-order chi connectivity index (χ0) is 8.23. The van der Waals surface area contributed by atoms with Gasteiger partial charge in [0, 0.05) is 24.7 Å². The summed E-state index contributed by atoms with van der Waals surface area (Å²) in [6.45, 7) is 1.76. The number of fused-ring (bicyclic) bond motifs is 1. The molecule has 0 bridgehead atoms. The SMILES string of the molecule is C1=C\N=C/C=C2/NCNC/C2=C/1. The largest absolute Gasteiger partial charge is 0.372 e. The van der Waals surface area contributed by atoms with Crippen molar-refractivity contribution in [1.29, 1.82) is 0 Å². The smallest absolute Gasteiger partial charge is 0.0655 e. The lowest BCUT2D eigenvalue weighted by molar-refractivity contribution is 0.622. The molecule has 1 saturated heterocycles. The van der Waals surface area contributed by atoms with Gasteiger partial charge in [-0.1, -0.05) is 6.08 Å². The third-order valence-corrected chi connectivity index (χ3v) is 1.86. The molecule has 2 aliphatic rings. The van der Waals surface area contributed by atoms with Crippen LogP contribution in [0.15, 0.2) is 40.7 Å². The van der Waals surface area contributed by atoms with Crippen LogP contribution < -0.4 is 10.6 Å². The lowest BCUT2D eigenvalue weighted by Gasteiger charge is -2.21. The number of nitrogens with zero attached hydrogens (tertiary/aromatic N) is 1. The van der Waals surface area contributed by atoms with Gasteiger partial charge in [0.2, 0.25) is 0 Å². The van der Waals surface area contributed by atoms with E-state index in [0.29, 0.717) is 0 Å². The van der Waals surface area contributed by atoms with Crippen LogP contribution in [0.2, 0.25) is 0 Å². The molecule has 2 heterocycles. The zero-order valence-electron chi connectivity index (χ0n) is 6.75. The molecular weight excluding hydrogens is 150 g/mol. The highest BCUT2D eigenvalue weighted by Gasteiger charge is 2.08. The number of allylic oxidation sites excluding steroid dienone is 3. The third kappa shape index (κ3) is 1.46. The second-order valence-electron chi connectivity index (χ2n) is 2.69. The monoisotopic (exact) mass is 161 g/mol. The maximum atomic E-state index is 4.03. The van der Waals surface area contributed by atoms with Crippen molar-refractivity contribution in [3.05, 3.63) is 35.7 Å². The zero-order valence-corrected chi connectivity index (χ0v) is 6.75. The molecule has 62 valence electrons. The fraction of sp³-hybridized carbons (Fsp3) is 0.222. The fourth-order valence-electron chi connectivity index (χ4n) is 1.25. The molecule has 12 heavy (non-hydrogen) atoms. The van der Waals surface area contributed by atoms with E-state index < -0.39 is 0 Å². The molecule has 2 rings (SSSR count). The molecule has 0 aromatic heterocycles. The number of nitrogens with one attached hydrogen (secondary N) is 2. The van der Waals surface area contributed by atoms with Crippen molar-refractivity contribution in [2.45, 2.75) is 0 Å². The Balaban J connectivity index is 2.28. The Morgan fingerprint density at radius 2 is 2.33 bits per heavy atom. The summed E-state index contributed by atoms with van der Waals surface area (Å²) in [5, 5.41) is 6.48. The van der Waals surface area contributed by atoms with Crippen LogP contribution >= 0.6 is 0 Å². The van der Waals surface area contributed by atoms with E-state index in [2.05, 4.69) is 21.7 Å². The Morgan fingerprint density at radius 3 is 3.33 bits per heavy atom.